The monoisotopic (exact) mass is 465 g/mol. The number of pyridine rings is 1. The predicted molar refractivity (Wildman–Crippen MR) is 113 cm³/mol. The van der Waals surface area contributed by atoms with Crippen molar-refractivity contribution in [1.82, 2.24) is 14.8 Å². The molecule has 0 radical (unpaired) electrons. The van der Waals surface area contributed by atoms with Crippen molar-refractivity contribution in [1.29, 1.82) is 0 Å². The van der Waals surface area contributed by atoms with E-state index in [1.54, 1.807) is 0 Å². The fourth-order valence-electron chi connectivity index (χ4n) is 3.78. The van der Waals surface area contributed by atoms with E-state index in [-0.39, 0.29) is 43.2 Å². The number of hydrogen-bond acceptors (Lipinski definition) is 6. The number of aromatic nitrogens is 1. The number of halogens is 2. The van der Waals surface area contributed by atoms with Gasteiger partial charge >= 0.3 is 0 Å². The number of fused-ring (bicyclic) bond motifs is 1. The first-order chi connectivity index (χ1) is 15.7. The van der Waals surface area contributed by atoms with E-state index in [1.807, 2.05) is 0 Å². The van der Waals surface area contributed by atoms with E-state index >= 15 is 0 Å². The molecule has 9 nitrogen and oxygen atoms in total. The number of carbonyl (C=O) groups excluding carboxylic acids is 2. The summed E-state index contributed by atoms with van der Waals surface area (Å²) in [5, 5.41) is 13.0. The maximum atomic E-state index is 13.9. The van der Waals surface area contributed by atoms with E-state index in [0.29, 0.717) is 12.5 Å². The number of rotatable bonds is 8. The van der Waals surface area contributed by atoms with Gasteiger partial charge in [-0.15, -0.1) is 0 Å². The SMILES string of the molecule is COCCN(C)C(=O)c1c(O)c(=O)c(C(=O)NCc2ccc(F)cc2F)c2n1CCC2OC. The molecular formula is C22H25F2N3O6. The summed E-state index contributed by atoms with van der Waals surface area (Å²) in [5.74, 6) is -3.96. The van der Waals surface area contributed by atoms with Crippen molar-refractivity contribution in [3.05, 3.63) is 62.6 Å². The first kappa shape index (κ1) is 24.3. The van der Waals surface area contributed by atoms with Crippen molar-refractivity contribution >= 4 is 11.8 Å². The van der Waals surface area contributed by atoms with Gasteiger partial charge in [-0.05, 0) is 12.5 Å². The van der Waals surface area contributed by atoms with Crippen molar-refractivity contribution < 1.29 is 33.0 Å². The second-order valence-corrected chi connectivity index (χ2v) is 7.59. The Labute approximate surface area is 188 Å². The van der Waals surface area contributed by atoms with Gasteiger partial charge in [0.2, 0.25) is 5.43 Å². The Morgan fingerprint density at radius 1 is 1.30 bits per heavy atom. The molecule has 2 amide bonds. The Morgan fingerprint density at radius 2 is 2.03 bits per heavy atom. The Balaban J connectivity index is 2.01. The molecule has 2 aromatic rings. The molecule has 1 atom stereocenters. The van der Waals surface area contributed by atoms with Crippen LogP contribution in [-0.4, -0.2) is 60.8 Å². The van der Waals surface area contributed by atoms with Crippen LogP contribution >= 0.6 is 0 Å². The minimum atomic E-state index is -1.04. The number of amides is 2. The van der Waals surface area contributed by atoms with Crippen LogP contribution in [0.15, 0.2) is 23.0 Å². The maximum Gasteiger partial charge on any atom is 0.274 e. The average Bonchev–Trinajstić information content (AvgIpc) is 3.20. The molecule has 1 aliphatic rings. The fraction of sp³-hybridized carbons (Fsp3) is 0.409. The van der Waals surface area contributed by atoms with Gasteiger partial charge in [0.05, 0.1) is 18.4 Å². The molecule has 1 unspecified atom stereocenters. The normalized spacial score (nSPS) is 14.8. The number of likely N-dealkylation sites (N-methyl/N-ethyl adjacent to an activating group) is 1. The summed E-state index contributed by atoms with van der Waals surface area (Å²) in [6, 6.07) is 2.90. The lowest BCUT2D eigenvalue weighted by molar-refractivity contribution is 0.0727. The predicted octanol–water partition coefficient (Wildman–Crippen LogP) is 1.57. The van der Waals surface area contributed by atoms with Gasteiger partial charge < -0.3 is 29.4 Å². The molecule has 1 aromatic carbocycles. The third-order valence-corrected chi connectivity index (χ3v) is 5.55. The molecule has 0 spiro atoms. The van der Waals surface area contributed by atoms with E-state index in [2.05, 4.69) is 5.32 Å². The number of nitrogens with zero attached hydrogens (tertiary/aromatic N) is 2. The van der Waals surface area contributed by atoms with Crippen LogP contribution in [0.4, 0.5) is 8.78 Å². The second kappa shape index (κ2) is 10.1. The number of aromatic hydroxyl groups is 1. The van der Waals surface area contributed by atoms with Crippen molar-refractivity contribution in [2.45, 2.75) is 25.6 Å². The van der Waals surface area contributed by atoms with E-state index in [1.165, 1.54) is 36.8 Å². The molecule has 1 aliphatic heterocycles. The summed E-state index contributed by atoms with van der Waals surface area (Å²) in [6.07, 6.45) is -0.300. The number of benzene rings is 1. The Morgan fingerprint density at radius 3 is 2.67 bits per heavy atom. The Kier molecular flexibility index (Phi) is 7.44. The van der Waals surface area contributed by atoms with Gasteiger partial charge in [0.25, 0.3) is 11.8 Å². The third kappa shape index (κ3) is 4.74. The lowest BCUT2D eigenvalue weighted by Crippen LogP contribution is -2.37. The highest BCUT2D eigenvalue weighted by atomic mass is 19.1. The molecular weight excluding hydrogens is 440 g/mol. The first-order valence-electron chi connectivity index (χ1n) is 10.2. The molecule has 0 aliphatic carbocycles. The van der Waals surface area contributed by atoms with Crippen molar-refractivity contribution in [2.75, 3.05) is 34.4 Å². The number of carbonyl (C=O) groups is 2. The third-order valence-electron chi connectivity index (χ3n) is 5.55. The molecule has 0 saturated heterocycles. The zero-order valence-electron chi connectivity index (χ0n) is 18.5. The van der Waals surface area contributed by atoms with Crippen LogP contribution in [0.1, 0.15) is 44.6 Å². The minimum absolute atomic E-state index is 0.0144. The fourth-order valence-corrected chi connectivity index (χ4v) is 3.78. The van der Waals surface area contributed by atoms with Crippen LogP contribution in [0.3, 0.4) is 0 Å². The zero-order chi connectivity index (χ0) is 24.3. The molecule has 33 heavy (non-hydrogen) atoms. The summed E-state index contributed by atoms with van der Waals surface area (Å²) in [6.45, 7) is 0.384. The maximum absolute atomic E-state index is 13.9. The van der Waals surface area contributed by atoms with Crippen molar-refractivity contribution in [2.24, 2.45) is 0 Å². The molecule has 3 rings (SSSR count). The van der Waals surface area contributed by atoms with E-state index in [9.17, 15) is 28.3 Å². The minimum Gasteiger partial charge on any atom is -0.503 e. The highest BCUT2D eigenvalue weighted by Crippen LogP contribution is 2.34. The van der Waals surface area contributed by atoms with E-state index in [4.69, 9.17) is 9.47 Å². The molecule has 2 heterocycles. The Hall–Kier alpha value is -3.31. The standard InChI is InChI=1S/C22H25F2N3O6/c1-26(8-9-32-2)22(31)18-20(29)19(28)16(17-15(33-3)6-7-27(17)18)21(30)25-11-12-4-5-13(23)10-14(12)24/h4-5,10,15,29H,6-9,11H2,1-3H3,(H,25,30). The van der Waals surface area contributed by atoms with Crippen LogP contribution < -0.4 is 10.7 Å². The Bertz CT molecular complexity index is 1130. The molecule has 0 saturated carbocycles. The summed E-state index contributed by atoms with van der Waals surface area (Å²) in [7, 11) is 4.38. The lowest BCUT2D eigenvalue weighted by atomic mass is 10.1. The molecule has 0 fully saturated rings. The van der Waals surface area contributed by atoms with Crippen LogP contribution in [0.2, 0.25) is 0 Å². The van der Waals surface area contributed by atoms with Crippen LogP contribution in [0.5, 0.6) is 5.75 Å². The number of ether oxygens (including phenoxy) is 2. The van der Waals surface area contributed by atoms with Gasteiger partial charge in [-0.25, -0.2) is 8.78 Å². The first-order valence-corrected chi connectivity index (χ1v) is 10.2. The quantitative estimate of drug-likeness (QED) is 0.613. The molecule has 0 bridgehead atoms. The van der Waals surface area contributed by atoms with E-state index < -0.39 is 46.3 Å². The van der Waals surface area contributed by atoms with Crippen LogP contribution in [0, 0.1) is 11.6 Å². The topological polar surface area (TPSA) is 110 Å². The highest BCUT2D eigenvalue weighted by Gasteiger charge is 2.36. The summed E-state index contributed by atoms with van der Waals surface area (Å²) < 4.78 is 38.8. The smallest absolute Gasteiger partial charge is 0.274 e. The molecule has 178 valence electrons. The number of nitrogens with one attached hydrogen (secondary N) is 1. The average molecular weight is 465 g/mol. The highest BCUT2D eigenvalue weighted by molar-refractivity contribution is 5.99. The largest absolute Gasteiger partial charge is 0.503 e. The number of methoxy groups -OCH3 is 2. The van der Waals surface area contributed by atoms with Crippen molar-refractivity contribution in [3.8, 4) is 5.75 Å². The van der Waals surface area contributed by atoms with Gasteiger partial charge in [-0.3, -0.25) is 14.4 Å². The molecule has 11 heteroatoms. The van der Waals surface area contributed by atoms with E-state index in [0.717, 1.165) is 6.07 Å². The van der Waals surface area contributed by atoms with Gasteiger partial charge in [0, 0.05) is 52.5 Å². The van der Waals surface area contributed by atoms with Crippen molar-refractivity contribution in [3.63, 3.8) is 0 Å². The van der Waals surface area contributed by atoms with Crippen LogP contribution in [0.25, 0.3) is 0 Å². The molecule has 2 N–H and O–H groups in total. The number of hydrogen-bond donors (Lipinski definition) is 2. The van der Waals surface area contributed by atoms with Gasteiger partial charge in [-0.1, -0.05) is 6.07 Å². The molecule has 1 aromatic heterocycles. The van der Waals surface area contributed by atoms with Gasteiger partial charge in [0.1, 0.15) is 17.2 Å². The second-order valence-electron chi connectivity index (χ2n) is 7.59. The summed E-state index contributed by atoms with van der Waals surface area (Å²) in [5.41, 5.74) is -1.50. The van der Waals surface area contributed by atoms with Gasteiger partial charge in [-0.2, -0.15) is 0 Å². The lowest BCUT2D eigenvalue weighted by Gasteiger charge is -2.22. The van der Waals surface area contributed by atoms with Crippen LogP contribution in [-0.2, 0) is 22.6 Å². The summed E-state index contributed by atoms with van der Waals surface area (Å²) >= 11 is 0. The zero-order valence-corrected chi connectivity index (χ0v) is 18.5. The summed E-state index contributed by atoms with van der Waals surface area (Å²) in [4.78, 5) is 40.2. The van der Waals surface area contributed by atoms with Gasteiger partial charge in [0.15, 0.2) is 11.4 Å².